The van der Waals surface area contributed by atoms with Gasteiger partial charge in [-0.3, -0.25) is 18.6 Å². The molecule has 2 unspecified atom stereocenters. The molecule has 0 radical (unpaired) electrons. The Labute approximate surface area is 573 Å². The highest BCUT2D eigenvalue weighted by Crippen LogP contribution is 2.43. The Morgan fingerprint density at radius 1 is 0.348 bits per heavy atom. The van der Waals surface area contributed by atoms with Gasteiger partial charge in [0.15, 0.2) is 6.10 Å². The van der Waals surface area contributed by atoms with Crippen molar-refractivity contribution in [3.63, 3.8) is 0 Å². The van der Waals surface area contributed by atoms with E-state index in [2.05, 4.69) is 62.5 Å². The Morgan fingerprint density at radius 2 is 0.620 bits per heavy atom. The van der Waals surface area contributed by atoms with Crippen LogP contribution in [0.2, 0.25) is 0 Å². The van der Waals surface area contributed by atoms with Gasteiger partial charge in [-0.05, 0) is 51.4 Å². The monoisotopic (exact) mass is 1320 g/mol. The first kappa shape index (κ1) is 90.0. The number of carbonyl (C=O) groups is 2. The average molecular weight is 1320 g/mol. The van der Waals surface area contributed by atoms with Gasteiger partial charge in [-0.1, -0.05) is 396 Å². The largest absolute Gasteiger partial charge is 0.472 e. The second-order valence-electron chi connectivity index (χ2n) is 28.8. The van der Waals surface area contributed by atoms with Crippen molar-refractivity contribution in [3.05, 3.63) is 48.6 Å². The lowest BCUT2D eigenvalue weighted by atomic mass is 10.0. The minimum Gasteiger partial charge on any atom is -0.462 e. The van der Waals surface area contributed by atoms with Crippen LogP contribution in [0.5, 0.6) is 0 Å². The summed E-state index contributed by atoms with van der Waals surface area (Å²) in [6.45, 7) is 4.40. The Balaban J connectivity index is 3.89. The molecule has 0 aliphatic rings. The molecule has 0 spiro atoms. The van der Waals surface area contributed by atoms with Crippen molar-refractivity contribution in [3.8, 4) is 0 Å². The Hall–Kier alpha value is -2.03. The number of likely N-dealkylation sites (N-methyl/N-ethyl adjacent to an activating group) is 1. The van der Waals surface area contributed by atoms with Gasteiger partial charge in [-0.25, -0.2) is 4.57 Å². The van der Waals surface area contributed by atoms with Crippen molar-refractivity contribution in [2.75, 3.05) is 47.5 Å². The lowest BCUT2D eigenvalue weighted by molar-refractivity contribution is -0.870. The molecule has 2 atom stereocenters. The first-order chi connectivity index (χ1) is 45.0. The van der Waals surface area contributed by atoms with Crippen LogP contribution in [0.25, 0.3) is 0 Å². The molecule has 9 nitrogen and oxygen atoms in total. The number of phosphoric ester groups is 1. The lowest BCUT2D eigenvalue weighted by Gasteiger charge is -2.24. The summed E-state index contributed by atoms with van der Waals surface area (Å²) in [5.74, 6) is -0.773. The van der Waals surface area contributed by atoms with E-state index >= 15 is 0 Å². The van der Waals surface area contributed by atoms with Gasteiger partial charge in [0.25, 0.3) is 0 Å². The van der Waals surface area contributed by atoms with E-state index in [-0.39, 0.29) is 25.6 Å². The molecule has 0 rings (SSSR count). The van der Waals surface area contributed by atoms with Crippen molar-refractivity contribution in [1.82, 2.24) is 0 Å². The average Bonchev–Trinajstić information content (AvgIpc) is 2.14. The number of esters is 2. The van der Waals surface area contributed by atoms with E-state index < -0.39 is 26.5 Å². The molecule has 0 bridgehead atoms. The normalized spacial score (nSPS) is 13.2. The van der Waals surface area contributed by atoms with Crippen LogP contribution in [0.3, 0.4) is 0 Å². The molecule has 92 heavy (non-hydrogen) atoms. The number of phosphoric acid groups is 1. The fourth-order valence-electron chi connectivity index (χ4n) is 12.3. The van der Waals surface area contributed by atoms with Crippen LogP contribution in [0.1, 0.15) is 412 Å². The van der Waals surface area contributed by atoms with E-state index in [1.54, 1.807) is 0 Å². The zero-order valence-corrected chi connectivity index (χ0v) is 63.0. The van der Waals surface area contributed by atoms with Crippen molar-refractivity contribution < 1.29 is 42.1 Å². The maximum absolute atomic E-state index is 12.9. The number of hydrogen-bond donors (Lipinski definition) is 1. The van der Waals surface area contributed by atoms with Gasteiger partial charge in [-0.15, -0.1) is 0 Å². The van der Waals surface area contributed by atoms with Gasteiger partial charge in [0.1, 0.15) is 19.8 Å². The summed E-state index contributed by atoms with van der Waals surface area (Å²) < 4.78 is 34.8. The Kier molecular flexibility index (Phi) is 71.6. The molecule has 1 N–H and O–H groups in total. The van der Waals surface area contributed by atoms with Crippen LogP contribution in [0.15, 0.2) is 48.6 Å². The standard InChI is InChI=1S/C82H156NO8P/c1-6-8-10-12-14-16-18-20-22-24-26-28-30-32-34-36-38-39-40-41-42-43-45-46-48-50-52-54-56-58-60-62-64-66-68-70-72-74-81(84)88-78-80(79-90-92(86,87)89-77-76-83(3,4)5)91-82(85)75-73-71-69-67-65-63-61-59-57-55-53-51-49-47-44-37-35-33-31-29-27-25-23-21-19-17-15-13-11-9-7-2/h9,11,15,17,21,23,27,29,80H,6-8,10,12-14,16,18-20,22,24-26,28,30-79H2,1-5H3/p+1/b11-9-,17-15-,23-21-,29-27-. The van der Waals surface area contributed by atoms with Gasteiger partial charge >= 0.3 is 19.8 Å². The number of allylic oxidation sites excluding steroid dienone is 8. The number of rotatable bonds is 76. The van der Waals surface area contributed by atoms with Crippen molar-refractivity contribution >= 4 is 19.8 Å². The molecule has 0 aromatic heterocycles. The van der Waals surface area contributed by atoms with E-state index in [0.29, 0.717) is 23.9 Å². The maximum atomic E-state index is 12.9. The molecule has 0 aliphatic heterocycles. The molecule has 0 aliphatic carbocycles. The summed E-state index contributed by atoms with van der Waals surface area (Å²) in [6, 6.07) is 0. The molecule has 0 aromatic carbocycles. The third kappa shape index (κ3) is 77.0. The smallest absolute Gasteiger partial charge is 0.462 e. The van der Waals surface area contributed by atoms with Crippen LogP contribution in [-0.2, 0) is 32.7 Å². The predicted octanol–water partition coefficient (Wildman–Crippen LogP) is 26.7. The van der Waals surface area contributed by atoms with Crippen LogP contribution < -0.4 is 0 Å². The highest BCUT2D eigenvalue weighted by atomic mass is 31.2. The first-order valence-corrected chi connectivity index (χ1v) is 41.9. The molecular formula is C82H157NO8P+. The molecule has 542 valence electrons. The van der Waals surface area contributed by atoms with E-state index in [9.17, 15) is 19.0 Å². The first-order valence-electron chi connectivity index (χ1n) is 40.4. The molecule has 0 saturated carbocycles. The van der Waals surface area contributed by atoms with Gasteiger partial charge < -0.3 is 18.9 Å². The summed E-state index contributed by atoms with van der Waals surface area (Å²) >= 11 is 0. The number of quaternary nitrogens is 1. The highest BCUT2D eigenvalue weighted by molar-refractivity contribution is 7.47. The third-order valence-electron chi connectivity index (χ3n) is 18.4. The Bertz CT molecular complexity index is 1690. The van der Waals surface area contributed by atoms with Gasteiger partial charge in [0, 0.05) is 12.8 Å². The topological polar surface area (TPSA) is 108 Å². The fraction of sp³-hybridized carbons (Fsp3) is 0.878. The zero-order valence-electron chi connectivity index (χ0n) is 62.1. The van der Waals surface area contributed by atoms with Gasteiger partial charge in [0.05, 0.1) is 27.7 Å². The third-order valence-corrected chi connectivity index (χ3v) is 19.4. The molecule has 0 heterocycles. The molecule has 10 heteroatoms. The molecular weight excluding hydrogens is 1160 g/mol. The second-order valence-corrected chi connectivity index (χ2v) is 30.2. The summed E-state index contributed by atoms with van der Waals surface area (Å²) in [7, 11) is 1.50. The van der Waals surface area contributed by atoms with Gasteiger partial charge in [-0.2, -0.15) is 0 Å². The summed E-state index contributed by atoms with van der Waals surface area (Å²) in [4.78, 5) is 36.0. The molecule has 0 aromatic rings. The van der Waals surface area contributed by atoms with Crippen LogP contribution >= 0.6 is 7.82 Å². The number of hydrogen-bond acceptors (Lipinski definition) is 7. The van der Waals surface area contributed by atoms with E-state index in [1.807, 2.05) is 21.1 Å². The summed E-state index contributed by atoms with van der Waals surface area (Å²) in [5.41, 5.74) is 0. The van der Waals surface area contributed by atoms with Crippen molar-refractivity contribution in [2.24, 2.45) is 0 Å². The second kappa shape index (κ2) is 73.2. The molecule has 0 fully saturated rings. The predicted molar refractivity (Wildman–Crippen MR) is 400 cm³/mol. The molecule has 0 amide bonds. The lowest BCUT2D eigenvalue weighted by Crippen LogP contribution is -2.37. The zero-order chi connectivity index (χ0) is 66.9. The number of unbranched alkanes of at least 4 members (excludes halogenated alkanes) is 54. The van der Waals surface area contributed by atoms with Crippen LogP contribution in [-0.4, -0.2) is 74.9 Å². The number of carbonyl (C=O) groups excluding carboxylic acids is 2. The summed E-state index contributed by atoms with van der Waals surface area (Å²) in [6.07, 6.45) is 97.0. The maximum Gasteiger partial charge on any atom is 0.472 e. The number of nitrogens with zero attached hydrogens (tertiary/aromatic N) is 1. The quantitative estimate of drug-likeness (QED) is 0.0211. The van der Waals surface area contributed by atoms with E-state index in [0.717, 1.165) is 57.8 Å². The SMILES string of the molecule is CC/C=C\C/C=C\C/C=C\C/C=C\CCCCCCCCCCCCCCCCCCCCC(=O)OC(COC(=O)CCCCCCCCCCCCCCCCCCCCCCCCCCCCCCCCCCCCCCC)COP(=O)(O)OCC[N+](C)(C)C. The summed E-state index contributed by atoms with van der Waals surface area (Å²) in [5, 5.41) is 0. The van der Waals surface area contributed by atoms with Gasteiger partial charge in [0.2, 0.25) is 0 Å². The van der Waals surface area contributed by atoms with Crippen LogP contribution in [0, 0.1) is 0 Å². The van der Waals surface area contributed by atoms with E-state index in [1.165, 1.54) is 321 Å². The number of ether oxygens (including phenoxy) is 2. The van der Waals surface area contributed by atoms with E-state index in [4.69, 9.17) is 18.5 Å². The van der Waals surface area contributed by atoms with Crippen molar-refractivity contribution in [1.29, 1.82) is 0 Å². The van der Waals surface area contributed by atoms with Crippen molar-refractivity contribution in [2.45, 2.75) is 418 Å². The minimum absolute atomic E-state index is 0.0343. The molecule has 0 saturated heterocycles. The Morgan fingerprint density at radius 3 is 0.924 bits per heavy atom. The highest BCUT2D eigenvalue weighted by Gasteiger charge is 2.27. The fourth-order valence-corrected chi connectivity index (χ4v) is 13.0. The minimum atomic E-state index is -4.39. The van der Waals surface area contributed by atoms with Crippen LogP contribution in [0.4, 0.5) is 0 Å².